The van der Waals surface area contributed by atoms with Crippen molar-refractivity contribution in [2.24, 2.45) is 0 Å². The van der Waals surface area contributed by atoms with Gasteiger partial charge in [-0.25, -0.2) is 0 Å². The standard InChI is InChI=1S/C13H25N3O/c1-13(2,3)15-7-4-11(5-8-15)16-9-6-14-10-12(16)17/h11,14H,4-10H2,1-3H3. The molecule has 0 aromatic heterocycles. The summed E-state index contributed by atoms with van der Waals surface area (Å²) >= 11 is 0. The SMILES string of the molecule is CC(C)(C)N1CCC(N2CCNCC2=O)CC1. The molecule has 0 aromatic carbocycles. The highest BCUT2D eigenvalue weighted by atomic mass is 16.2. The zero-order valence-corrected chi connectivity index (χ0v) is 11.3. The molecule has 0 atom stereocenters. The van der Waals surface area contributed by atoms with Crippen LogP contribution < -0.4 is 5.32 Å². The number of carbonyl (C=O) groups is 1. The molecule has 2 aliphatic heterocycles. The van der Waals surface area contributed by atoms with Gasteiger partial charge in [0, 0.05) is 37.8 Å². The molecule has 4 nitrogen and oxygen atoms in total. The minimum Gasteiger partial charge on any atom is -0.337 e. The first-order chi connectivity index (χ1) is 7.98. The zero-order valence-electron chi connectivity index (χ0n) is 11.3. The largest absolute Gasteiger partial charge is 0.337 e. The van der Waals surface area contributed by atoms with Crippen molar-refractivity contribution >= 4 is 5.91 Å². The molecule has 0 radical (unpaired) electrons. The first-order valence-corrected chi connectivity index (χ1v) is 6.74. The van der Waals surface area contributed by atoms with E-state index in [9.17, 15) is 4.79 Å². The van der Waals surface area contributed by atoms with E-state index in [-0.39, 0.29) is 11.4 Å². The summed E-state index contributed by atoms with van der Waals surface area (Å²) in [5, 5.41) is 3.13. The molecule has 2 fully saturated rings. The van der Waals surface area contributed by atoms with Gasteiger partial charge in [0.05, 0.1) is 6.54 Å². The van der Waals surface area contributed by atoms with Crippen LogP contribution in [-0.2, 0) is 4.79 Å². The van der Waals surface area contributed by atoms with E-state index in [0.29, 0.717) is 12.6 Å². The molecule has 0 unspecified atom stereocenters. The predicted octanol–water partition coefficient (Wildman–Crippen LogP) is 0.681. The van der Waals surface area contributed by atoms with Gasteiger partial charge in [0.1, 0.15) is 0 Å². The van der Waals surface area contributed by atoms with Gasteiger partial charge in [-0.05, 0) is 33.6 Å². The third-order valence-corrected chi connectivity index (χ3v) is 3.98. The number of nitrogens with one attached hydrogen (secondary N) is 1. The van der Waals surface area contributed by atoms with E-state index in [0.717, 1.165) is 39.0 Å². The van der Waals surface area contributed by atoms with Crippen molar-refractivity contribution in [1.29, 1.82) is 0 Å². The van der Waals surface area contributed by atoms with Gasteiger partial charge in [0.15, 0.2) is 0 Å². The molecule has 0 saturated carbocycles. The van der Waals surface area contributed by atoms with Crippen LogP contribution in [-0.4, -0.2) is 60.0 Å². The van der Waals surface area contributed by atoms with E-state index in [1.165, 1.54) is 0 Å². The summed E-state index contributed by atoms with van der Waals surface area (Å²) in [7, 11) is 0. The molecular weight excluding hydrogens is 214 g/mol. The zero-order chi connectivity index (χ0) is 12.5. The Morgan fingerprint density at radius 1 is 1.18 bits per heavy atom. The van der Waals surface area contributed by atoms with Crippen LogP contribution in [0.2, 0.25) is 0 Å². The van der Waals surface area contributed by atoms with Crippen LogP contribution in [0.1, 0.15) is 33.6 Å². The average molecular weight is 239 g/mol. The molecule has 2 rings (SSSR count). The van der Waals surface area contributed by atoms with Gasteiger partial charge < -0.3 is 10.2 Å². The quantitative estimate of drug-likeness (QED) is 0.731. The topological polar surface area (TPSA) is 35.6 Å². The fourth-order valence-electron chi connectivity index (χ4n) is 2.86. The van der Waals surface area contributed by atoms with E-state index in [2.05, 4.69) is 35.9 Å². The fraction of sp³-hybridized carbons (Fsp3) is 0.923. The highest BCUT2D eigenvalue weighted by Gasteiger charge is 2.32. The third kappa shape index (κ3) is 2.99. The number of likely N-dealkylation sites (tertiary alicyclic amines) is 1. The minimum atomic E-state index is 0.262. The summed E-state index contributed by atoms with van der Waals surface area (Å²) in [4.78, 5) is 16.4. The Morgan fingerprint density at radius 2 is 1.82 bits per heavy atom. The van der Waals surface area contributed by atoms with E-state index < -0.39 is 0 Å². The normalized spacial score (nSPS) is 25.4. The number of rotatable bonds is 1. The number of nitrogens with zero attached hydrogens (tertiary/aromatic N) is 2. The summed E-state index contributed by atoms with van der Waals surface area (Å²) in [6.07, 6.45) is 2.26. The second kappa shape index (κ2) is 4.94. The molecule has 2 saturated heterocycles. The van der Waals surface area contributed by atoms with Crippen molar-refractivity contribution in [3.05, 3.63) is 0 Å². The molecule has 0 spiro atoms. The Morgan fingerprint density at radius 3 is 2.35 bits per heavy atom. The molecule has 17 heavy (non-hydrogen) atoms. The second-order valence-electron chi connectivity index (χ2n) is 6.15. The van der Waals surface area contributed by atoms with Gasteiger partial charge >= 0.3 is 0 Å². The van der Waals surface area contributed by atoms with Gasteiger partial charge in [0.25, 0.3) is 0 Å². The van der Waals surface area contributed by atoms with Gasteiger partial charge in [-0.3, -0.25) is 9.69 Å². The molecule has 4 heteroatoms. The minimum absolute atomic E-state index is 0.262. The maximum atomic E-state index is 11.8. The van der Waals surface area contributed by atoms with Crippen LogP contribution in [0, 0.1) is 0 Å². The van der Waals surface area contributed by atoms with Gasteiger partial charge in [-0.2, -0.15) is 0 Å². The summed E-state index contributed by atoms with van der Waals surface area (Å²) < 4.78 is 0. The van der Waals surface area contributed by atoms with Gasteiger partial charge in [0.2, 0.25) is 5.91 Å². The smallest absolute Gasteiger partial charge is 0.236 e. The van der Waals surface area contributed by atoms with Crippen LogP contribution in [0.4, 0.5) is 0 Å². The van der Waals surface area contributed by atoms with Crippen LogP contribution in [0.5, 0.6) is 0 Å². The first-order valence-electron chi connectivity index (χ1n) is 6.74. The van der Waals surface area contributed by atoms with Crippen LogP contribution >= 0.6 is 0 Å². The molecule has 0 aromatic rings. The van der Waals surface area contributed by atoms with Crippen molar-refractivity contribution in [3.8, 4) is 0 Å². The highest BCUT2D eigenvalue weighted by molar-refractivity contribution is 5.79. The second-order valence-corrected chi connectivity index (χ2v) is 6.15. The Hall–Kier alpha value is -0.610. The summed E-state index contributed by atoms with van der Waals surface area (Å²) in [6.45, 7) is 11.4. The van der Waals surface area contributed by atoms with E-state index in [1.807, 2.05) is 0 Å². The molecule has 0 bridgehead atoms. The van der Waals surface area contributed by atoms with Gasteiger partial charge in [-0.1, -0.05) is 0 Å². The molecule has 98 valence electrons. The number of piperidine rings is 1. The van der Waals surface area contributed by atoms with Gasteiger partial charge in [-0.15, -0.1) is 0 Å². The number of carbonyl (C=O) groups excluding carboxylic acids is 1. The van der Waals surface area contributed by atoms with Crippen molar-refractivity contribution in [1.82, 2.24) is 15.1 Å². The molecule has 2 heterocycles. The summed E-state index contributed by atoms with van der Waals surface area (Å²) in [6, 6.07) is 0.475. The number of hydrogen-bond donors (Lipinski definition) is 1. The van der Waals surface area contributed by atoms with Crippen molar-refractivity contribution in [2.45, 2.75) is 45.2 Å². The lowest BCUT2D eigenvalue weighted by molar-refractivity contribution is -0.135. The lowest BCUT2D eigenvalue weighted by Gasteiger charge is -2.44. The fourth-order valence-corrected chi connectivity index (χ4v) is 2.86. The Labute approximate surface area is 104 Å². The monoisotopic (exact) mass is 239 g/mol. The molecule has 1 amide bonds. The van der Waals surface area contributed by atoms with E-state index in [1.54, 1.807) is 0 Å². The van der Waals surface area contributed by atoms with Crippen molar-refractivity contribution in [2.75, 3.05) is 32.7 Å². The lowest BCUT2D eigenvalue weighted by Crippen LogP contribution is -2.56. The van der Waals surface area contributed by atoms with Crippen molar-refractivity contribution < 1.29 is 4.79 Å². The number of hydrogen-bond acceptors (Lipinski definition) is 3. The average Bonchev–Trinajstić information content (AvgIpc) is 2.29. The van der Waals surface area contributed by atoms with E-state index >= 15 is 0 Å². The van der Waals surface area contributed by atoms with Crippen molar-refractivity contribution in [3.63, 3.8) is 0 Å². The molecule has 1 N–H and O–H groups in total. The Bertz CT molecular complexity index is 277. The number of amides is 1. The molecule has 2 aliphatic rings. The maximum absolute atomic E-state index is 11.8. The lowest BCUT2D eigenvalue weighted by atomic mass is 9.96. The van der Waals surface area contributed by atoms with Crippen LogP contribution in [0.15, 0.2) is 0 Å². The van der Waals surface area contributed by atoms with E-state index in [4.69, 9.17) is 0 Å². The third-order valence-electron chi connectivity index (χ3n) is 3.98. The Kier molecular flexibility index (Phi) is 3.73. The summed E-state index contributed by atoms with van der Waals surface area (Å²) in [5.74, 6) is 0.283. The predicted molar refractivity (Wildman–Crippen MR) is 68.9 cm³/mol. The van der Waals surface area contributed by atoms with Crippen LogP contribution in [0.25, 0.3) is 0 Å². The molecule has 0 aliphatic carbocycles. The first kappa shape index (κ1) is 12.8. The Balaban J connectivity index is 1.88. The highest BCUT2D eigenvalue weighted by Crippen LogP contribution is 2.23. The molecular formula is C13H25N3O. The maximum Gasteiger partial charge on any atom is 0.236 e. The number of piperazine rings is 1. The van der Waals surface area contributed by atoms with Crippen LogP contribution in [0.3, 0.4) is 0 Å². The summed E-state index contributed by atoms with van der Waals surface area (Å²) in [5.41, 5.74) is 0.262.